The maximum Gasteiger partial charge on any atom is 0.224 e. The van der Waals surface area contributed by atoms with Crippen molar-refractivity contribution in [2.24, 2.45) is 0 Å². The Labute approximate surface area is 163 Å². The standard InChI is InChI=1S/C20H16ClFN2O2S/c1-12(25)24(18-4-2-3-14-7-8-27(26)20(14)18)11-13-9-16(22)15-5-6-19(21)23-17(15)10-13/h2-6,9-10H,7-8,11H2,1H3. The summed E-state index contributed by atoms with van der Waals surface area (Å²) in [4.78, 5) is 18.8. The van der Waals surface area contributed by atoms with Gasteiger partial charge in [-0.2, -0.15) is 0 Å². The van der Waals surface area contributed by atoms with Crippen LogP contribution in [0, 0.1) is 5.82 Å². The lowest BCUT2D eigenvalue weighted by atomic mass is 10.1. The minimum atomic E-state index is -1.13. The first kappa shape index (κ1) is 18.1. The Bertz CT molecular complexity index is 1100. The summed E-state index contributed by atoms with van der Waals surface area (Å²) in [5.41, 5.74) is 2.64. The van der Waals surface area contributed by atoms with Crippen molar-refractivity contribution in [2.45, 2.75) is 24.8 Å². The maximum atomic E-state index is 14.5. The first-order chi connectivity index (χ1) is 12.9. The zero-order valence-electron chi connectivity index (χ0n) is 14.5. The number of nitrogens with zero attached hydrogens (tertiary/aromatic N) is 2. The van der Waals surface area contributed by atoms with Gasteiger partial charge in [-0.3, -0.25) is 9.00 Å². The van der Waals surface area contributed by atoms with Gasteiger partial charge < -0.3 is 4.90 Å². The predicted octanol–water partition coefficient (Wildman–Crippen LogP) is 4.24. The molecule has 4 rings (SSSR count). The van der Waals surface area contributed by atoms with E-state index < -0.39 is 16.6 Å². The van der Waals surface area contributed by atoms with Crippen molar-refractivity contribution in [3.8, 4) is 0 Å². The number of hydrogen-bond donors (Lipinski definition) is 0. The molecule has 0 saturated carbocycles. The number of pyridine rings is 1. The average Bonchev–Trinajstić information content (AvgIpc) is 3.00. The van der Waals surface area contributed by atoms with E-state index in [0.29, 0.717) is 32.8 Å². The molecule has 1 aromatic heterocycles. The minimum absolute atomic E-state index is 0.157. The fourth-order valence-corrected chi connectivity index (χ4v) is 5.05. The van der Waals surface area contributed by atoms with Crippen LogP contribution < -0.4 is 4.90 Å². The van der Waals surface area contributed by atoms with Crippen LogP contribution in [-0.4, -0.2) is 20.9 Å². The Balaban J connectivity index is 1.78. The predicted molar refractivity (Wildman–Crippen MR) is 105 cm³/mol. The lowest BCUT2D eigenvalue weighted by Gasteiger charge is -2.24. The molecule has 7 heteroatoms. The van der Waals surface area contributed by atoms with Crippen molar-refractivity contribution in [3.05, 3.63) is 64.6 Å². The number of anilines is 1. The van der Waals surface area contributed by atoms with Crippen LogP contribution in [-0.2, 0) is 28.6 Å². The topological polar surface area (TPSA) is 50.3 Å². The van der Waals surface area contributed by atoms with E-state index in [1.165, 1.54) is 24.0 Å². The fourth-order valence-electron chi connectivity index (χ4n) is 3.41. The van der Waals surface area contributed by atoms with E-state index >= 15 is 0 Å². The van der Waals surface area contributed by atoms with Gasteiger partial charge in [-0.05, 0) is 47.9 Å². The van der Waals surface area contributed by atoms with Crippen LogP contribution in [0.3, 0.4) is 0 Å². The van der Waals surface area contributed by atoms with Gasteiger partial charge in [-0.15, -0.1) is 0 Å². The first-order valence-electron chi connectivity index (χ1n) is 8.47. The van der Waals surface area contributed by atoms with Crippen molar-refractivity contribution in [1.82, 2.24) is 4.98 Å². The average molecular weight is 403 g/mol. The molecule has 3 aromatic rings. The molecule has 138 valence electrons. The van der Waals surface area contributed by atoms with E-state index in [2.05, 4.69) is 4.98 Å². The van der Waals surface area contributed by atoms with Crippen LogP contribution in [0.15, 0.2) is 47.4 Å². The number of aromatic nitrogens is 1. The van der Waals surface area contributed by atoms with E-state index in [1.807, 2.05) is 12.1 Å². The van der Waals surface area contributed by atoms with Crippen LogP contribution in [0.4, 0.5) is 10.1 Å². The number of benzene rings is 2. The summed E-state index contributed by atoms with van der Waals surface area (Å²) in [7, 11) is -1.13. The highest BCUT2D eigenvalue weighted by Crippen LogP contribution is 2.34. The third-order valence-corrected chi connectivity index (χ3v) is 6.37. The molecule has 0 aliphatic carbocycles. The first-order valence-corrected chi connectivity index (χ1v) is 10.2. The Kier molecular flexibility index (Phi) is 4.70. The molecule has 0 bridgehead atoms. The van der Waals surface area contributed by atoms with Gasteiger partial charge in [0.15, 0.2) is 0 Å². The molecule has 27 heavy (non-hydrogen) atoms. The summed E-state index contributed by atoms with van der Waals surface area (Å²) in [6.07, 6.45) is 0.731. The van der Waals surface area contributed by atoms with E-state index in [4.69, 9.17) is 11.6 Å². The Morgan fingerprint density at radius 3 is 2.89 bits per heavy atom. The van der Waals surface area contributed by atoms with Gasteiger partial charge in [0.1, 0.15) is 11.0 Å². The van der Waals surface area contributed by atoms with Crippen LogP contribution in [0.25, 0.3) is 10.9 Å². The largest absolute Gasteiger partial charge is 0.307 e. The highest BCUT2D eigenvalue weighted by Gasteiger charge is 2.26. The quantitative estimate of drug-likeness (QED) is 0.615. The van der Waals surface area contributed by atoms with Gasteiger partial charge >= 0.3 is 0 Å². The summed E-state index contributed by atoms with van der Waals surface area (Å²) in [6, 6.07) is 11.8. The second kappa shape index (κ2) is 7.02. The highest BCUT2D eigenvalue weighted by molar-refractivity contribution is 7.85. The molecule has 2 aromatic carbocycles. The molecule has 1 aliphatic heterocycles. The third kappa shape index (κ3) is 3.35. The molecule has 1 amide bonds. The summed E-state index contributed by atoms with van der Waals surface area (Å²) in [5, 5.41) is 0.651. The second-order valence-electron chi connectivity index (χ2n) is 6.45. The van der Waals surface area contributed by atoms with E-state index in [0.717, 1.165) is 12.0 Å². The Morgan fingerprint density at radius 2 is 2.11 bits per heavy atom. The normalized spacial score (nSPS) is 15.7. The molecular weight excluding hydrogens is 387 g/mol. The number of fused-ring (bicyclic) bond motifs is 2. The molecule has 0 fully saturated rings. The molecule has 0 spiro atoms. The van der Waals surface area contributed by atoms with E-state index in [-0.39, 0.29) is 17.6 Å². The van der Waals surface area contributed by atoms with Crippen LogP contribution in [0.2, 0.25) is 5.15 Å². The number of aryl methyl sites for hydroxylation is 1. The lowest BCUT2D eigenvalue weighted by molar-refractivity contribution is -0.116. The molecule has 1 unspecified atom stereocenters. The van der Waals surface area contributed by atoms with Crippen LogP contribution in [0.1, 0.15) is 18.1 Å². The van der Waals surface area contributed by atoms with Gasteiger partial charge in [-0.1, -0.05) is 23.7 Å². The number of rotatable bonds is 3. The second-order valence-corrected chi connectivity index (χ2v) is 8.34. The molecule has 0 saturated heterocycles. The van der Waals surface area contributed by atoms with Crippen LogP contribution in [0.5, 0.6) is 0 Å². The summed E-state index contributed by atoms with van der Waals surface area (Å²) < 4.78 is 26.9. The Morgan fingerprint density at radius 1 is 1.30 bits per heavy atom. The van der Waals surface area contributed by atoms with Gasteiger partial charge in [-0.25, -0.2) is 9.37 Å². The number of carbonyl (C=O) groups is 1. The lowest BCUT2D eigenvalue weighted by Crippen LogP contribution is -2.29. The monoisotopic (exact) mass is 402 g/mol. The molecule has 1 aliphatic rings. The van der Waals surface area contributed by atoms with Gasteiger partial charge in [0.05, 0.1) is 33.4 Å². The minimum Gasteiger partial charge on any atom is -0.307 e. The molecule has 0 radical (unpaired) electrons. The van der Waals surface area contributed by atoms with Crippen molar-refractivity contribution in [2.75, 3.05) is 10.7 Å². The summed E-state index contributed by atoms with van der Waals surface area (Å²) in [6.45, 7) is 1.60. The molecule has 1 atom stereocenters. The van der Waals surface area contributed by atoms with E-state index in [1.54, 1.807) is 18.2 Å². The SMILES string of the molecule is CC(=O)N(Cc1cc(F)c2ccc(Cl)nc2c1)c1cccc2c1S(=O)CC2. The van der Waals surface area contributed by atoms with Gasteiger partial charge in [0.2, 0.25) is 5.91 Å². The van der Waals surface area contributed by atoms with Crippen molar-refractivity contribution < 1.29 is 13.4 Å². The zero-order chi connectivity index (χ0) is 19.1. The number of carbonyl (C=O) groups excluding carboxylic acids is 1. The van der Waals surface area contributed by atoms with Crippen molar-refractivity contribution in [3.63, 3.8) is 0 Å². The van der Waals surface area contributed by atoms with Crippen molar-refractivity contribution in [1.29, 1.82) is 0 Å². The van der Waals surface area contributed by atoms with Crippen LogP contribution >= 0.6 is 11.6 Å². The molecule has 4 nitrogen and oxygen atoms in total. The summed E-state index contributed by atoms with van der Waals surface area (Å²) >= 11 is 5.92. The molecule has 2 heterocycles. The van der Waals surface area contributed by atoms with Crippen molar-refractivity contribution >= 4 is 44.9 Å². The van der Waals surface area contributed by atoms with Gasteiger partial charge in [0.25, 0.3) is 0 Å². The number of amides is 1. The molecular formula is C20H16ClFN2O2S. The highest BCUT2D eigenvalue weighted by atomic mass is 35.5. The zero-order valence-corrected chi connectivity index (χ0v) is 16.1. The maximum absolute atomic E-state index is 14.5. The smallest absolute Gasteiger partial charge is 0.224 e. The fraction of sp³-hybridized carbons (Fsp3) is 0.200. The molecule has 0 N–H and O–H groups in total. The van der Waals surface area contributed by atoms with Gasteiger partial charge in [0, 0.05) is 18.1 Å². The van der Waals surface area contributed by atoms with E-state index in [9.17, 15) is 13.4 Å². The Hall–Kier alpha value is -2.31. The number of halogens is 2. The summed E-state index contributed by atoms with van der Waals surface area (Å²) in [5.74, 6) is -0.0608. The number of hydrogen-bond acceptors (Lipinski definition) is 3. The third-order valence-electron chi connectivity index (χ3n) is 4.65.